The lowest BCUT2D eigenvalue weighted by atomic mass is 9.43. The van der Waals surface area contributed by atoms with Crippen molar-refractivity contribution in [1.29, 1.82) is 0 Å². The molecule has 1 N–H and O–H groups in total. The summed E-state index contributed by atoms with van der Waals surface area (Å²) in [5, 5.41) is 11.7. The van der Waals surface area contributed by atoms with Crippen LogP contribution in [0.2, 0.25) is 0 Å². The van der Waals surface area contributed by atoms with E-state index in [0.717, 1.165) is 31.1 Å². The smallest absolute Gasteiger partial charge is 0.315 e. The van der Waals surface area contributed by atoms with Crippen molar-refractivity contribution in [2.75, 3.05) is 33.4 Å². The third kappa shape index (κ3) is 3.75. The molecule has 1 saturated heterocycles. The molecule has 3 saturated carbocycles. The van der Waals surface area contributed by atoms with Gasteiger partial charge in [0, 0.05) is 37.2 Å². The van der Waals surface area contributed by atoms with Crippen LogP contribution in [0.25, 0.3) is 0 Å². The van der Waals surface area contributed by atoms with Crippen molar-refractivity contribution in [2.45, 2.75) is 71.9 Å². The molecule has 1 heterocycles. The van der Waals surface area contributed by atoms with Gasteiger partial charge in [-0.15, -0.1) is 0 Å². The van der Waals surface area contributed by atoms with E-state index >= 15 is 0 Å². The zero-order valence-electron chi connectivity index (χ0n) is 23.5. The fourth-order valence-corrected chi connectivity index (χ4v) is 9.88. The minimum atomic E-state index is -1.26. The minimum absolute atomic E-state index is 0.0146. The lowest BCUT2D eigenvalue weighted by Crippen LogP contribution is -2.63. The highest BCUT2D eigenvalue weighted by Crippen LogP contribution is 2.82. The Bertz CT molecular complexity index is 1010. The van der Waals surface area contributed by atoms with Crippen LogP contribution in [0.15, 0.2) is 23.3 Å². The maximum absolute atomic E-state index is 13.6. The van der Waals surface area contributed by atoms with E-state index < -0.39 is 28.5 Å². The number of nitrogens with zero attached hydrogens (tertiary/aromatic N) is 1. The SMILES string of the molecule is C=C(Cl)CN1C[C@@H](C)O[C@@H](OC[C@@]23C[C@@H]4[C@H](C)CC[C@H]4[C@@]4(C=O)C[C@@H]2C=C(C(C)C)[C@@]34C(=O)O)[C@@H](OC)C1. The van der Waals surface area contributed by atoms with Gasteiger partial charge in [-0.05, 0) is 55.8 Å². The van der Waals surface area contributed by atoms with E-state index in [0.29, 0.717) is 42.9 Å². The number of carbonyl (C=O) groups is 2. The van der Waals surface area contributed by atoms with Crippen molar-refractivity contribution in [3.8, 4) is 0 Å². The van der Waals surface area contributed by atoms with Crippen LogP contribution in [0, 0.1) is 45.8 Å². The van der Waals surface area contributed by atoms with Crippen LogP contribution in [-0.2, 0) is 23.8 Å². The first-order chi connectivity index (χ1) is 18.0. The van der Waals surface area contributed by atoms with Gasteiger partial charge in [0.05, 0.1) is 18.1 Å². The number of rotatable bonds is 9. The Hall–Kier alpha value is -1.25. The average molecular weight is 550 g/mol. The molecule has 4 bridgehead atoms. The van der Waals surface area contributed by atoms with Crippen molar-refractivity contribution in [3.05, 3.63) is 23.3 Å². The summed E-state index contributed by atoms with van der Waals surface area (Å²) in [5.74, 6) is 0.0329. The second kappa shape index (κ2) is 9.99. The summed E-state index contributed by atoms with van der Waals surface area (Å²) in [5.41, 5.74) is -1.93. The van der Waals surface area contributed by atoms with Gasteiger partial charge in [-0.25, -0.2) is 0 Å². The van der Waals surface area contributed by atoms with Crippen LogP contribution in [0.1, 0.15) is 53.4 Å². The number of fused-ring (bicyclic) bond motifs is 2. The number of hydrogen-bond acceptors (Lipinski definition) is 6. The van der Waals surface area contributed by atoms with Crippen molar-refractivity contribution in [2.24, 2.45) is 45.8 Å². The molecule has 10 atom stereocenters. The highest BCUT2D eigenvalue weighted by molar-refractivity contribution is 6.29. The zero-order valence-corrected chi connectivity index (χ0v) is 24.2. The fraction of sp³-hybridized carbons (Fsp3) is 0.800. The highest BCUT2D eigenvalue weighted by atomic mass is 35.5. The Morgan fingerprint density at radius 2 is 2.05 bits per heavy atom. The van der Waals surface area contributed by atoms with Crippen LogP contribution in [0.5, 0.6) is 0 Å². The lowest BCUT2D eigenvalue weighted by molar-refractivity contribution is -0.238. The third-order valence-electron chi connectivity index (χ3n) is 10.9. The van der Waals surface area contributed by atoms with Crippen LogP contribution in [0.3, 0.4) is 0 Å². The van der Waals surface area contributed by atoms with Gasteiger partial charge in [0.2, 0.25) is 0 Å². The topological polar surface area (TPSA) is 85.3 Å². The molecule has 0 amide bonds. The predicted molar refractivity (Wildman–Crippen MR) is 145 cm³/mol. The van der Waals surface area contributed by atoms with Crippen molar-refractivity contribution in [3.63, 3.8) is 0 Å². The molecule has 0 radical (unpaired) electrons. The molecule has 38 heavy (non-hydrogen) atoms. The normalized spacial score (nSPS) is 46.1. The summed E-state index contributed by atoms with van der Waals surface area (Å²) in [7, 11) is 1.64. The molecule has 1 aliphatic heterocycles. The molecule has 212 valence electrons. The first-order valence-corrected chi connectivity index (χ1v) is 14.6. The molecule has 4 aliphatic carbocycles. The Labute approximate surface area is 231 Å². The summed E-state index contributed by atoms with van der Waals surface area (Å²) in [6.45, 7) is 14.2. The maximum Gasteiger partial charge on any atom is 0.315 e. The van der Waals surface area contributed by atoms with E-state index in [1.165, 1.54) is 0 Å². The predicted octanol–water partition coefficient (Wildman–Crippen LogP) is 4.74. The molecule has 0 aromatic carbocycles. The van der Waals surface area contributed by atoms with E-state index in [9.17, 15) is 14.7 Å². The number of aldehydes is 1. The minimum Gasteiger partial charge on any atom is -0.481 e. The van der Waals surface area contributed by atoms with Gasteiger partial charge < -0.3 is 24.1 Å². The third-order valence-corrected chi connectivity index (χ3v) is 11.1. The van der Waals surface area contributed by atoms with Crippen LogP contribution in [0.4, 0.5) is 0 Å². The van der Waals surface area contributed by atoms with E-state index in [4.69, 9.17) is 25.8 Å². The monoisotopic (exact) mass is 549 g/mol. The maximum atomic E-state index is 13.6. The number of methoxy groups -OCH3 is 1. The van der Waals surface area contributed by atoms with Gasteiger partial charge in [0.15, 0.2) is 6.29 Å². The number of carbonyl (C=O) groups excluding carboxylic acids is 1. The second-order valence-corrected chi connectivity index (χ2v) is 13.6. The molecule has 7 nitrogen and oxygen atoms in total. The largest absolute Gasteiger partial charge is 0.481 e. The van der Waals surface area contributed by atoms with E-state index in [-0.39, 0.29) is 36.6 Å². The number of allylic oxidation sites excluding steroid dienone is 1. The molecule has 4 fully saturated rings. The van der Waals surface area contributed by atoms with Crippen LogP contribution in [-0.4, -0.2) is 74.1 Å². The van der Waals surface area contributed by atoms with Gasteiger partial charge in [0.25, 0.3) is 0 Å². The first kappa shape index (κ1) is 28.3. The summed E-state index contributed by atoms with van der Waals surface area (Å²) >= 11 is 6.11. The highest BCUT2D eigenvalue weighted by Gasteiger charge is 2.84. The Kier molecular flexibility index (Phi) is 7.43. The van der Waals surface area contributed by atoms with Crippen LogP contribution >= 0.6 is 11.6 Å². The molecular weight excluding hydrogens is 506 g/mol. The number of carboxylic acid groups (broad SMARTS) is 1. The summed E-state index contributed by atoms with van der Waals surface area (Å²) in [6, 6.07) is 0. The molecular formula is C30H44ClNO6. The Morgan fingerprint density at radius 3 is 2.66 bits per heavy atom. The van der Waals surface area contributed by atoms with Gasteiger partial charge >= 0.3 is 5.97 Å². The lowest BCUT2D eigenvalue weighted by Gasteiger charge is -2.58. The second-order valence-electron chi connectivity index (χ2n) is 13.1. The summed E-state index contributed by atoms with van der Waals surface area (Å²) in [4.78, 5) is 29.0. The fourth-order valence-electron chi connectivity index (χ4n) is 9.71. The molecule has 5 rings (SSSR count). The van der Waals surface area contributed by atoms with Gasteiger partial charge in [-0.2, -0.15) is 0 Å². The standard InChI is InChI=1S/C30H44ClNO6/c1-17(2)24-9-21-10-28(15-33)23-8-7-18(3)22(23)11-29(21,30(24,28)27(34)35)16-37-26-25(36-6)14-32(12-19(4)31)13-20(5)38-26/h9,15,17-18,20-23,25-26H,4,7-8,10-14,16H2,1-3,5-6H3,(H,34,35)/t18-,20-,21+,22-,23-,25+,26-,28+,29+,30+/m1/s1. The number of halogens is 1. The molecule has 0 aromatic rings. The molecule has 0 aromatic heterocycles. The quantitative estimate of drug-likeness (QED) is 0.328. The van der Waals surface area contributed by atoms with E-state index in [1.807, 2.05) is 6.92 Å². The first-order valence-electron chi connectivity index (χ1n) is 14.2. The summed E-state index contributed by atoms with van der Waals surface area (Å²) < 4.78 is 18.8. The number of aliphatic carboxylic acids is 1. The number of carboxylic acids is 1. The molecule has 5 aliphatic rings. The molecule has 0 unspecified atom stereocenters. The van der Waals surface area contributed by atoms with Gasteiger partial charge in [-0.1, -0.05) is 57.0 Å². The van der Waals surface area contributed by atoms with Crippen LogP contribution < -0.4 is 0 Å². The van der Waals surface area contributed by atoms with E-state index in [1.54, 1.807) is 7.11 Å². The van der Waals surface area contributed by atoms with Crippen molar-refractivity contribution in [1.82, 2.24) is 4.90 Å². The summed E-state index contributed by atoms with van der Waals surface area (Å²) in [6.07, 6.45) is 5.41. The number of ether oxygens (including phenoxy) is 3. The van der Waals surface area contributed by atoms with E-state index in [2.05, 4.69) is 38.3 Å². The number of hydrogen-bond donors (Lipinski definition) is 1. The Balaban J connectivity index is 1.53. The zero-order chi connectivity index (χ0) is 27.6. The van der Waals surface area contributed by atoms with Crippen molar-refractivity contribution >= 4 is 23.9 Å². The van der Waals surface area contributed by atoms with Gasteiger partial charge in [0.1, 0.15) is 17.8 Å². The average Bonchev–Trinajstić information content (AvgIpc) is 3.37. The van der Waals surface area contributed by atoms with Crippen molar-refractivity contribution < 1.29 is 28.9 Å². The van der Waals surface area contributed by atoms with Gasteiger partial charge in [-0.3, -0.25) is 9.69 Å². The molecule has 0 spiro atoms. The molecule has 8 heteroatoms. The Morgan fingerprint density at radius 1 is 1.32 bits per heavy atom.